The number of carbonyl (C=O) groups excluding carboxylic acids is 1. The lowest BCUT2D eigenvalue weighted by molar-refractivity contribution is -0.148. The molecule has 1 saturated heterocycles. The van der Waals surface area contributed by atoms with Crippen molar-refractivity contribution in [2.24, 2.45) is 5.92 Å². The van der Waals surface area contributed by atoms with E-state index in [-0.39, 0.29) is 11.9 Å². The fourth-order valence-electron chi connectivity index (χ4n) is 2.19. The smallest absolute Gasteiger partial charge is 0.307 e. The van der Waals surface area contributed by atoms with Crippen LogP contribution < -0.4 is 5.32 Å². The summed E-state index contributed by atoms with van der Waals surface area (Å²) in [6.07, 6.45) is 0.875. The first-order valence-electron chi connectivity index (χ1n) is 6.83. The van der Waals surface area contributed by atoms with E-state index >= 15 is 0 Å². The summed E-state index contributed by atoms with van der Waals surface area (Å²) < 4.78 is 5.35. The number of nitrogens with zero attached hydrogens (tertiary/aromatic N) is 1. The second kappa shape index (κ2) is 7.45. The largest absolute Gasteiger partial charge is 0.481 e. The summed E-state index contributed by atoms with van der Waals surface area (Å²) in [6, 6.07) is -0.587. The van der Waals surface area contributed by atoms with Gasteiger partial charge in [0.15, 0.2) is 0 Å². The molecule has 0 bridgehead atoms. The van der Waals surface area contributed by atoms with Crippen LogP contribution in [0.3, 0.4) is 0 Å². The molecule has 3 atom stereocenters. The molecule has 0 aromatic carbocycles. The van der Waals surface area contributed by atoms with Crippen LogP contribution in [0.25, 0.3) is 0 Å². The Bertz CT molecular complexity index is 322. The number of ether oxygens (including phenoxy) is 1. The Labute approximate surface area is 114 Å². The highest BCUT2D eigenvalue weighted by Crippen LogP contribution is 2.17. The molecule has 1 aliphatic rings. The van der Waals surface area contributed by atoms with Gasteiger partial charge in [-0.2, -0.15) is 0 Å². The lowest BCUT2D eigenvalue weighted by Crippen LogP contribution is -2.58. The van der Waals surface area contributed by atoms with Gasteiger partial charge in [0.25, 0.3) is 0 Å². The van der Waals surface area contributed by atoms with Gasteiger partial charge in [-0.05, 0) is 13.3 Å². The Morgan fingerprint density at radius 3 is 2.74 bits per heavy atom. The summed E-state index contributed by atoms with van der Waals surface area (Å²) in [5.41, 5.74) is 0. The van der Waals surface area contributed by atoms with Gasteiger partial charge < -0.3 is 15.2 Å². The number of amides is 1. The van der Waals surface area contributed by atoms with Gasteiger partial charge in [0.2, 0.25) is 5.91 Å². The van der Waals surface area contributed by atoms with E-state index in [1.807, 2.05) is 18.7 Å². The van der Waals surface area contributed by atoms with E-state index in [2.05, 4.69) is 5.32 Å². The Hall–Kier alpha value is -1.14. The number of carboxylic acid groups (broad SMARTS) is 1. The van der Waals surface area contributed by atoms with E-state index in [4.69, 9.17) is 9.84 Å². The van der Waals surface area contributed by atoms with Gasteiger partial charge in [-0.3, -0.25) is 14.5 Å². The van der Waals surface area contributed by atoms with Crippen LogP contribution >= 0.6 is 0 Å². The zero-order valence-corrected chi connectivity index (χ0v) is 11.9. The third kappa shape index (κ3) is 4.18. The van der Waals surface area contributed by atoms with Crippen LogP contribution in [-0.2, 0) is 14.3 Å². The molecule has 1 rings (SSSR count). The molecule has 0 aliphatic carbocycles. The maximum absolute atomic E-state index is 12.1. The van der Waals surface area contributed by atoms with Crippen LogP contribution in [0, 0.1) is 5.92 Å². The first-order valence-corrected chi connectivity index (χ1v) is 6.83. The highest BCUT2D eigenvalue weighted by Gasteiger charge is 2.36. The highest BCUT2D eigenvalue weighted by atomic mass is 16.5. The molecule has 6 nitrogen and oxygen atoms in total. The molecule has 0 aromatic rings. The molecular formula is C13H24N2O4. The Morgan fingerprint density at radius 2 is 2.16 bits per heavy atom. The number of morpholine rings is 1. The number of aliphatic carboxylic acids is 1. The molecule has 1 heterocycles. The van der Waals surface area contributed by atoms with E-state index < -0.39 is 17.9 Å². The molecule has 2 N–H and O–H groups in total. The van der Waals surface area contributed by atoms with Gasteiger partial charge in [0.05, 0.1) is 19.1 Å². The van der Waals surface area contributed by atoms with Crippen molar-refractivity contribution in [3.05, 3.63) is 0 Å². The molecule has 3 unspecified atom stereocenters. The molecule has 0 aromatic heterocycles. The van der Waals surface area contributed by atoms with Crippen LogP contribution in [0.4, 0.5) is 0 Å². The summed E-state index contributed by atoms with van der Waals surface area (Å²) in [4.78, 5) is 25.1. The summed E-state index contributed by atoms with van der Waals surface area (Å²) in [5.74, 6) is -1.43. The van der Waals surface area contributed by atoms with Gasteiger partial charge >= 0.3 is 5.97 Å². The second-order valence-electron chi connectivity index (χ2n) is 4.99. The summed E-state index contributed by atoms with van der Waals surface area (Å²) in [5, 5.41) is 11.9. The molecule has 0 radical (unpaired) electrons. The minimum absolute atomic E-state index is 0.0778. The molecule has 1 amide bonds. The molecule has 1 aliphatic heterocycles. The lowest BCUT2D eigenvalue weighted by atomic mass is 9.99. The predicted octanol–water partition coefficient (Wildman–Crippen LogP) is 0.323. The van der Waals surface area contributed by atoms with E-state index in [9.17, 15) is 9.59 Å². The number of hydrogen-bond acceptors (Lipinski definition) is 4. The number of nitrogens with one attached hydrogen (secondary N) is 1. The van der Waals surface area contributed by atoms with Gasteiger partial charge in [0.1, 0.15) is 6.04 Å². The van der Waals surface area contributed by atoms with Crippen LogP contribution in [-0.4, -0.2) is 60.3 Å². The third-order valence-electron chi connectivity index (χ3n) is 3.66. The molecule has 110 valence electrons. The first kappa shape index (κ1) is 15.9. The van der Waals surface area contributed by atoms with Crippen LogP contribution in [0.5, 0.6) is 0 Å². The van der Waals surface area contributed by atoms with Crippen LogP contribution in [0.15, 0.2) is 0 Å². The van der Waals surface area contributed by atoms with E-state index in [1.54, 1.807) is 6.92 Å². The average Bonchev–Trinajstić information content (AvgIpc) is 2.42. The minimum Gasteiger partial charge on any atom is -0.481 e. The monoisotopic (exact) mass is 272 g/mol. The zero-order valence-electron chi connectivity index (χ0n) is 11.9. The third-order valence-corrected chi connectivity index (χ3v) is 3.66. The molecule has 1 fully saturated rings. The number of rotatable bonds is 6. The Kier molecular flexibility index (Phi) is 6.24. The van der Waals surface area contributed by atoms with Crippen molar-refractivity contribution >= 4 is 11.9 Å². The predicted molar refractivity (Wildman–Crippen MR) is 70.9 cm³/mol. The van der Waals surface area contributed by atoms with Crippen molar-refractivity contribution in [1.82, 2.24) is 10.2 Å². The summed E-state index contributed by atoms with van der Waals surface area (Å²) >= 11 is 0. The van der Waals surface area contributed by atoms with Crippen molar-refractivity contribution in [2.75, 3.05) is 26.3 Å². The zero-order chi connectivity index (χ0) is 14.4. The molecule has 0 spiro atoms. The second-order valence-corrected chi connectivity index (χ2v) is 4.99. The molecule has 6 heteroatoms. The fourth-order valence-corrected chi connectivity index (χ4v) is 2.19. The molecule has 19 heavy (non-hydrogen) atoms. The molecular weight excluding hydrogens is 248 g/mol. The highest BCUT2D eigenvalue weighted by molar-refractivity contribution is 5.82. The average molecular weight is 272 g/mol. The van der Waals surface area contributed by atoms with Crippen molar-refractivity contribution in [3.8, 4) is 0 Å². The van der Waals surface area contributed by atoms with Gasteiger partial charge in [0, 0.05) is 19.1 Å². The minimum atomic E-state index is -0.841. The van der Waals surface area contributed by atoms with E-state index in [1.165, 1.54) is 0 Å². The van der Waals surface area contributed by atoms with Crippen molar-refractivity contribution < 1.29 is 19.4 Å². The van der Waals surface area contributed by atoms with Crippen molar-refractivity contribution in [3.63, 3.8) is 0 Å². The van der Waals surface area contributed by atoms with Crippen molar-refractivity contribution in [2.45, 2.75) is 39.3 Å². The first-order chi connectivity index (χ1) is 8.99. The van der Waals surface area contributed by atoms with E-state index in [0.29, 0.717) is 26.3 Å². The SMILES string of the molecule is CCCNC(=O)C1COCCN1C(C)C(C)C(=O)O. The van der Waals surface area contributed by atoms with Crippen LogP contribution in [0.1, 0.15) is 27.2 Å². The maximum Gasteiger partial charge on any atom is 0.307 e. The quantitative estimate of drug-likeness (QED) is 0.728. The summed E-state index contributed by atoms with van der Waals surface area (Å²) in [6.45, 7) is 7.59. The lowest BCUT2D eigenvalue weighted by Gasteiger charge is -2.40. The number of hydrogen-bond donors (Lipinski definition) is 2. The van der Waals surface area contributed by atoms with Gasteiger partial charge in [-0.15, -0.1) is 0 Å². The van der Waals surface area contributed by atoms with Crippen molar-refractivity contribution in [1.29, 1.82) is 0 Å². The maximum atomic E-state index is 12.1. The Morgan fingerprint density at radius 1 is 1.47 bits per heavy atom. The van der Waals surface area contributed by atoms with Crippen LogP contribution in [0.2, 0.25) is 0 Å². The van der Waals surface area contributed by atoms with Gasteiger partial charge in [-0.25, -0.2) is 0 Å². The standard InChI is InChI=1S/C13H24N2O4/c1-4-5-14-12(16)11-8-19-7-6-15(11)10(3)9(2)13(17)18/h9-11H,4-8H2,1-3H3,(H,14,16)(H,17,18). The number of carbonyl (C=O) groups is 2. The Balaban J connectivity index is 2.71. The normalized spacial score (nSPS) is 23.6. The summed E-state index contributed by atoms with van der Waals surface area (Å²) in [7, 11) is 0. The van der Waals surface area contributed by atoms with E-state index in [0.717, 1.165) is 6.42 Å². The molecule has 0 saturated carbocycles. The number of carboxylic acids is 1. The topological polar surface area (TPSA) is 78.9 Å². The fraction of sp³-hybridized carbons (Fsp3) is 0.846. The van der Waals surface area contributed by atoms with Gasteiger partial charge in [-0.1, -0.05) is 13.8 Å².